The van der Waals surface area contributed by atoms with Crippen molar-refractivity contribution in [3.63, 3.8) is 0 Å². The molecule has 0 aromatic carbocycles. The molecule has 0 unspecified atom stereocenters. The van der Waals surface area contributed by atoms with Crippen molar-refractivity contribution in [2.45, 2.75) is 58.3 Å². The molecule has 5 nitrogen and oxygen atoms in total. The summed E-state index contributed by atoms with van der Waals surface area (Å²) in [4.78, 5) is 13.4. The highest BCUT2D eigenvalue weighted by atomic mass is 32.2. The monoisotopic (exact) mass is 293 g/mol. The highest BCUT2D eigenvalue weighted by Crippen LogP contribution is 2.07. The maximum atomic E-state index is 11.7. The molecule has 0 heterocycles. The second-order valence-electron chi connectivity index (χ2n) is 4.97. The summed E-state index contributed by atoms with van der Waals surface area (Å²) in [5.41, 5.74) is 0. The number of hydrogen-bond donors (Lipinski definition) is 1. The van der Waals surface area contributed by atoms with Crippen molar-refractivity contribution in [3.8, 4) is 0 Å². The van der Waals surface area contributed by atoms with Crippen LogP contribution in [0.4, 0.5) is 0 Å². The molecule has 0 atom stereocenters. The summed E-state index contributed by atoms with van der Waals surface area (Å²) in [5, 5.41) is 0. The van der Waals surface area contributed by atoms with Crippen LogP contribution in [0.1, 0.15) is 58.3 Å². The van der Waals surface area contributed by atoms with Gasteiger partial charge in [0.05, 0.1) is 5.75 Å². The van der Waals surface area contributed by atoms with E-state index in [1.807, 2.05) is 0 Å². The predicted molar refractivity (Wildman–Crippen MR) is 76.7 cm³/mol. The van der Waals surface area contributed by atoms with Crippen molar-refractivity contribution >= 4 is 16.0 Å². The van der Waals surface area contributed by atoms with Gasteiger partial charge in [0, 0.05) is 20.0 Å². The van der Waals surface area contributed by atoms with Gasteiger partial charge in [-0.05, 0) is 19.3 Å². The molecule has 6 heteroatoms. The Hall–Kier alpha value is -0.620. The van der Waals surface area contributed by atoms with Crippen LogP contribution in [0.5, 0.6) is 0 Å². The fourth-order valence-electron chi connectivity index (χ4n) is 1.83. The Labute approximate surface area is 117 Å². The Kier molecular flexibility index (Phi) is 9.87. The van der Waals surface area contributed by atoms with Gasteiger partial charge in [-0.15, -0.1) is 0 Å². The lowest BCUT2D eigenvalue weighted by atomic mass is 10.1. The average molecular weight is 293 g/mol. The standard InChI is InChI=1S/C13H27NO4S/c1-3-4-5-6-7-10-13(15)14(2)11-8-9-12-19(16,17)18/h3-12H2,1-2H3,(H,16,17,18). The summed E-state index contributed by atoms with van der Waals surface area (Å²) >= 11 is 0. The molecule has 0 radical (unpaired) electrons. The summed E-state index contributed by atoms with van der Waals surface area (Å²) in [6.45, 7) is 2.70. The molecule has 0 aliphatic heterocycles. The van der Waals surface area contributed by atoms with Crippen LogP contribution in [0.2, 0.25) is 0 Å². The van der Waals surface area contributed by atoms with E-state index >= 15 is 0 Å². The number of hydrogen-bond acceptors (Lipinski definition) is 3. The third kappa shape index (κ3) is 12.2. The van der Waals surface area contributed by atoms with Crippen LogP contribution in [-0.4, -0.2) is 43.1 Å². The van der Waals surface area contributed by atoms with E-state index in [1.165, 1.54) is 19.3 Å². The molecule has 0 saturated carbocycles. The highest BCUT2D eigenvalue weighted by Gasteiger charge is 2.09. The van der Waals surface area contributed by atoms with Gasteiger partial charge >= 0.3 is 0 Å². The summed E-state index contributed by atoms with van der Waals surface area (Å²) < 4.78 is 29.6. The van der Waals surface area contributed by atoms with Gasteiger partial charge in [-0.3, -0.25) is 9.35 Å². The Morgan fingerprint density at radius 2 is 1.68 bits per heavy atom. The molecular weight excluding hydrogens is 266 g/mol. The third-order valence-electron chi connectivity index (χ3n) is 3.07. The van der Waals surface area contributed by atoms with Crippen molar-refractivity contribution < 1.29 is 17.8 Å². The minimum absolute atomic E-state index is 0.114. The molecule has 1 N–H and O–H groups in total. The van der Waals surface area contributed by atoms with Crippen molar-refractivity contribution in [1.82, 2.24) is 4.90 Å². The highest BCUT2D eigenvalue weighted by molar-refractivity contribution is 7.85. The van der Waals surface area contributed by atoms with Gasteiger partial charge in [0.25, 0.3) is 10.1 Å². The lowest BCUT2D eigenvalue weighted by Gasteiger charge is -2.16. The maximum Gasteiger partial charge on any atom is 0.264 e. The minimum atomic E-state index is -3.87. The van der Waals surface area contributed by atoms with E-state index in [2.05, 4.69) is 6.92 Å². The largest absolute Gasteiger partial charge is 0.346 e. The maximum absolute atomic E-state index is 11.7. The summed E-state index contributed by atoms with van der Waals surface area (Å²) in [6, 6.07) is 0. The van der Waals surface area contributed by atoms with Gasteiger partial charge in [-0.1, -0.05) is 32.6 Å². The van der Waals surface area contributed by atoms with Gasteiger partial charge in [0.1, 0.15) is 0 Å². The normalized spacial score (nSPS) is 11.5. The topological polar surface area (TPSA) is 74.7 Å². The van der Waals surface area contributed by atoms with Crippen LogP contribution in [0.3, 0.4) is 0 Å². The average Bonchev–Trinajstić information content (AvgIpc) is 2.32. The first-order chi connectivity index (χ1) is 8.87. The first-order valence-electron chi connectivity index (χ1n) is 7.06. The van der Waals surface area contributed by atoms with E-state index in [0.29, 0.717) is 25.8 Å². The van der Waals surface area contributed by atoms with Crippen LogP contribution in [0.25, 0.3) is 0 Å². The van der Waals surface area contributed by atoms with Crippen molar-refractivity contribution in [2.75, 3.05) is 19.3 Å². The van der Waals surface area contributed by atoms with Gasteiger partial charge < -0.3 is 4.90 Å². The number of unbranched alkanes of at least 4 members (excludes halogenated alkanes) is 5. The first kappa shape index (κ1) is 18.4. The summed E-state index contributed by atoms with van der Waals surface area (Å²) in [7, 11) is -2.13. The summed E-state index contributed by atoms with van der Waals surface area (Å²) in [5.74, 6) is -0.116. The minimum Gasteiger partial charge on any atom is -0.346 e. The van der Waals surface area contributed by atoms with Crippen molar-refractivity contribution in [1.29, 1.82) is 0 Å². The zero-order chi connectivity index (χ0) is 14.7. The molecule has 114 valence electrons. The van der Waals surface area contributed by atoms with E-state index < -0.39 is 10.1 Å². The molecule has 0 aromatic heterocycles. The Morgan fingerprint density at radius 1 is 1.05 bits per heavy atom. The zero-order valence-corrected chi connectivity index (χ0v) is 12.9. The number of nitrogens with zero attached hydrogens (tertiary/aromatic N) is 1. The molecule has 19 heavy (non-hydrogen) atoms. The number of rotatable bonds is 11. The van der Waals surface area contributed by atoms with Gasteiger partial charge in [-0.2, -0.15) is 8.42 Å². The lowest BCUT2D eigenvalue weighted by molar-refractivity contribution is -0.130. The predicted octanol–water partition coefficient (Wildman–Crippen LogP) is 2.47. The smallest absolute Gasteiger partial charge is 0.264 e. The molecule has 0 aliphatic rings. The van der Waals surface area contributed by atoms with Gasteiger partial charge in [-0.25, -0.2) is 0 Å². The van der Waals surface area contributed by atoms with Crippen LogP contribution < -0.4 is 0 Å². The Bertz CT molecular complexity index is 341. The number of carbonyl (C=O) groups excluding carboxylic acids is 1. The quantitative estimate of drug-likeness (QED) is 0.469. The van der Waals surface area contributed by atoms with Crippen LogP contribution in [0, 0.1) is 0 Å². The molecule has 0 fully saturated rings. The number of carbonyl (C=O) groups is 1. The van der Waals surface area contributed by atoms with Crippen LogP contribution in [-0.2, 0) is 14.9 Å². The molecule has 0 aliphatic carbocycles. The SMILES string of the molecule is CCCCCCCC(=O)N(C)CCCCS(=O)(=O)O. The number of amides is 1. The first-order valence-corrected chi connectivity index (χ1v) is 8.67. The Morgan fingerprint density at radius 3 is 2.26 bits per heavy atom. The molecule has 0 aromatic rings. The van der Waals surface area contributed by atoms with E-state index in [0.717, 1.165) is 12.8 Å². The molecular formula is C13H27NO4S. The van der Waals surface area contributed by atoms with Crippen LogP contribution in [0.15, 0.2) is 0 Å². The van der Waals surface area contributed by atoms with E-state index in [-0.39, 0.29) is 11.7 Å². The van der Waals surface area contributed by atoms with Crippen LogP contribution >= 0.6 is 0 Å². The second kappa shape index (κ2) is 10.2. The van der Waals surface area contributed by atoms with Crippen molar-refractivity contribution in [2.24, 2.45) is 0 Å². The Balaban J connectivity index is 3.59. The van der Waals surface area contributed by atoms with E-state index in [9.17, 15) is 13.2 Å². The fourth-order valence-corrected chi connectivity index (χ4v) is 2.40. The molecule has 0 bridgehead atoms. The zero-order valence-electron chi connectivity index (χ0n) is 12.1. The molecule has 0 saturated heterocycles. The van der Waals surface area contributed by atoms with E-state index in [1.54, 1.807) is 11.9 Å². The molecule has 0 rings (SSSR count). The van der Waals surface area contributed by atoms with Crippen molar-refractivity contribution in [3.05, 3.63) is 0 Å². The fraction of sp³-hybridized carbons (Fsp3) is 0.923. The lowest BCUT2D eigenvalue weighted by Crippen LogP contribution is -2.27. The van der Waals surface area contributed by atoms with Gasteiger partial charge in [0.15, 0.2) is 0 Å². The molecule has 1 amide bonds. The van der Waals surface area contributed by atoms with Gasteiger partial charge in [0.2, 0.25) is 5.91 Å². The third-order valence-corrected chi connectivity index (χ3v) is 3.87. The second-order valence-corrected chi connectivity index (χ2v) is 6.54. The molecule has 0 spiro atoms. The summed E-state index contributed by atoms with van der Waals surface area (Å²) in [6.07, 6.45) is 7.16. The van der Waals surface area contributed by atoms with E-state index in [4.69, 9.17) is 4.55 Å².